The van der Waals surface area contributed by atoms with Crippen LogP contribution in [-0.4, -0.2) is 49.6 Å². The summed E-state index contributed by atoms with van der Waals surface area (Å²) in [6.07, 6.45) is 5.20. The van der Waals surface area contributed by atoms with Crippen LogP contribution in [0.2, 0.25) is 0 Å². The summed E-state index contributed by atoms with van der Waals surface area (Å²) in [6, 6.07) is 0.696. The van der Waals surface area contributed by atoms with E-state index < -0.39 is 0 Å². The van der Waals surface area contributed by atoms with Crippen molar-refractivity contribution < 1.29 is 4.79 Å². The third-order valence-electron chi connectivity index (χ3n) is 3.63. The minimum Gasteiger partial charge on any atom is -0.358 e. The first kappa shape index (κ1) is 10.9. The normalized spacial score (nSPS) is 29.3. The zero-order valence-electron chi connectivity index (χ0n) is 9.46. The minimum absolute atomic E-state index is 0.0480. The van der Waals surface area contributed by atoms with Gasteiger partial charge in [-0.2, -0.15) is 0 Å². The van der Waals surface area contributed by atoms with E-state index in [0.717, 1.165) is 19.6 Å². The molecule has 2 aliphatic rings. The predicted molar refractivity (Wildman–Crippen MR) is 59.7 cm³/mol. The fourth-order valence-electron chi connectivity index (χ4n) is 2.80. The van der Waals surface area contributed by atoms with Gasteiger partial charge in [-0.05, 0) is 12.8 Å². The molecule has 0 aromatic carbocycles. The quantitative estimate of drug-likeness (QED) is 0.673. The fourth-order valence-corrected chi connectivity index (χ4v) is 2.80. The van der Waals surface area contributed by atoms with Gasteiger partial charge in [-0.3, -0.25) is 9.69 Å². The molecule has 0 aromatic heterocycles. The van der Waals surface area contributed by atoms with Crippen LogP contribution in [0.25, 0.3) is 0 Å². The number of rotatable bonds is 2. The molecule has 0 radical (unpaired) electrons. The Hall–Kier alpha value is -0.610. The third-order valence-corrected chi connectivity index (χ3v) is 3.63. The monoisotopic (exact) mass is 211 g/mol. The summed E-state index contributed by atoms with van der Waals surface area (Å²) < 4.78 is 0. The van der Waals surface area contributed by atoms with Crippen molar-refractivity contribution in [2.45, 2.75) is 37.8 Å². The van der Waals surface area contributed by atoms with E-state index in [9.17, 15) is 4.79 Å². The van der Waals surface area contributed by atoms with Crippen LogP contribution in [0, 0.1) is 0 Å². The van der Waals surface area contributed by atoms with E-state index in [4.69, 9.17) is 0 Å². The zero-order chi connectivity index (χ0) is 10.7. The van der Waals surface area contributed by atoms with Gasteiger partial charge >= 0.3 is 0 Å². The Labute approximate surface area is 91.4 Å². The Morgan fingerprint density at radius 1 is 1.40 bits per heavy atom. The van der Waals surface area contributed by atoms with Gasteiger partial charge in [0.1, 0.15) is 6.04 Å². The summed E-state index contributed by atoms with van der Waals surface area (Å²) in [5.74, 6) is 0.161. The average molecular weight is 211 g/mol. The lowest BCUT2D eigenvalue weighted by atomic mass is 10.1. The van der Waals surface area contributed by atoms with E-state index in [-0.39, 0.29) is 11.9 Å². The maximum Gasteiger partial charge on any atom is 0.238 e. The first-order valence-electron chi connectivity index (χ1n) is 6.01. The lowest BCUT2D eigenvalue weighted by molar-refractivity contribution is -0.127. The van der Waals surface area contributed by atoms with Gasteiger partial charge in [0.05, 0.1) is 0 Å². The molecule has 1 aliphatic heterocycles. The Balaban J connectivity index is 2.01. The number of carbonyl (C=O) groups excluding carboxylic acids is 1. The highest BCUT2D eigenvalue weighted by Gasteiger charge is 2.33. The second-order valence-electron chi connectivity index (χ2n) is 4.51. The van der Waals surface area contributed by atoms with Crippen LogP contribution < -0.4 is 10.6 Å². The molecule has 2 fully saturated rings. The number of hydrogen-bond donors (Lipinski definition) is 2. The van der Waals surface area contributed by atoms with Crippen LogP contribution in [-0.2, 0) is 4.79 Å². The molecular weight excluding hydrogens is 190 g/mol. The topological polar surface area (TPSA) is 44.4 Å². The second-order valence-corrected chi connectivity index (χ2v) is 4.51. The molecule has 2 rings (SSSR count). The Morgan fingerprint density at radius 3 is 2.80 bits per heavy atom. The summed E-state index contributed by atoms with van der Waals surface area (Å²) in [4.78, 5) is 14.1. The number of nitrogens with one attached hydrogen (secondary N) is 2. The molecule has 4 nitrogen and oxygen atoms in total. The molecule has 86 valence electrons. The van der Waals surface area contributed by atoms with Crippen LogP contribution in [0.4, 0.5) is 0 Å². The van der Waals surface area contributed by atoms with Crippen molar-refractivity contribution in [2.24, 2.45) is 0 Å². The predicted octanol–water partition coefficient (Wildman–Crippen LogP) is -0.0512. The van der Waals surface area contributed by atoms with Gasteiger partial charge in [-0.25, -0.2) is 0 Å². The van der Waals surface area contributed by atoms with Crippen molar-refractivity contribution in [3.05, 3.63) is 0 Å². The molecule has 0 aromatic rings. The van der Waals surface area contributed by atoms with Crippen molar-refractivity contribution in [1.29, 1.82) is 0 Å². The number of piperazine rings is 1. The minimum atomic E-state index is 0.0480. The van der Waals surface area contributed by atoms with Crippen LogP contribution in [0.15, 0.2) is 0 Å². The van der Waals surface area contributed by atoms with Crippen LogP contribution in [0.3, 0.4) is 0 Å². The molecule has 15 heavy (non-hydrogen) atoms. The summed E-state index contributed by atoms with van der Waals surface area (Å²) in [7, 11) is 1.73. The number of nitrogens with zero attached hydrogens (tertiary/aromatic N) is 1. The Bertz CT molecular complexity index is 226. The first-order valence-corrected chi connectivity index (χ1v) is 6.01. The van der Waals surface area contributed by atoms with Gasteiger partial charge in [0.25, 0.3) is 0 Å². The van der Waals surface area contributed by atoms with Gasteiger partial charge in [-0.1, -0.05) is 12.8 Å². The van der Waals surface area contributed by atoms with Crippen molar-refractivity contribution >= 4 is 5.91 Å². The van der Waals surface area contributed by atoms with Gasteiger partial charge in [0.15, 0.2) is 0 Å². The van der Waals surface area contributed by atoms with Gasteiger partial charge in [0, 0.05) is 32.7 Å². The van der Waals surface area contributed by atoms with Gasteiger partial charge in [0.2, 0.25) is 5.91 Å². The van der Waals surface area contributed by atoms with Gasteiger partial charge < -0.3 is 10.6 Å². The molecular formula is C11H21N3O. The Kier molecular flexibility index (Phi) is 3.59. The highest BCUT2D eigenvalue weighted by Crippen LogP contribution is 2.25. The van der Waals surface area contributed by atoms with Crippen LogP contribution in [0.5, 0.6) is 0 Å². The summed E-state index contributed by atoms with van der Waals surface area (Å²) >= 11 is 0. The molecule has 1 heterocycles. The molecule has 0 spiro atoms. The van der Waals surface area contributed by atoms with Crippen molar-refractivity contribution in [1.82, 2.24) is 15.5 Å². The van der Waals surface area contributed by atoms with Crippen molar-refractivity contribution in [3.63, 3.8) is 0 Å². The standard InChI is InChI=1S/C11H21N3O/c1-12-11(15)10-8-13-6-7-14(10)9-4-2-3-5-9/h9-10,13H,2-8H2,1H3,(H,12,15). The van der Waals surface area contributed by atoms with Crippen LogP contribution in [0.1, 0.15) is 25.7 Å². The van der Waals surface area contributed by atoms with E-state index in [1.54, 1.807) is 7.05 Å². The highest BCUT2D eigenvalue weighted by atomic mass is 16.2. The molecule has 2 N–H and O–H groups in total. The highest BCUT2D eigenvalue weighted by molar-refractivity contribution is 5.81. The van der Waals surface area contributed by atoms with Gasteiger partial charge in [-0.15, -0.1) is 0 Å². The smallest absolute Gasteiger partial charge is 0.238 e. The fraction of sp³-hybridized carbons (Fsp3) is 0.909. The molecule has 1 unspecified atom stereocenters. The summed E-state index contributed by atoms with van der Waals surface area (Å²) in [6.45, 7) is 2.84. The van der Waals surface area contributed by atoms with E-state index in [1.165, 1.54) is 25.7 Å². The van der Waals surface area contributed by atoms with E-state index in [2.05, 4.69) is 15.5 Å². The second kappa shape index (κ2) is 4.94. The van der Waals surface area contributed by atoms with Crippen molar-refractivity contribution in [2.75, 3.05) is 26.7 Å². The number of amides is 1. The lowest BCUT2D eigenvalue weighted by Crippen LogP contribution is -2.59. The molecule has 1 aliphatic carbocycles. The lowest BCUT2D eigenvalue weighted by Gasteiger charge is -2.39. The van der Waals surface area contributed by atoms with E-state index >= 15 is 0 Å². The van der Waals surface area contributed by atoms with Crippen LogP contribution >= 0.6 is 0 Å². The average Bonchev–Trinajstić information content (AvgIpc) is 2.81. The molecule has 1 saturated carbocycles. The maximum absolute atomic E-state index is 11.7. The largest absolute Gasteiger partial charge is 0.358 e. The van der Waals surface area contributed by atoms with E-state index in [1.807, 2.05) is 0 Å². The maximum atomic E-state index is 11.7. The number of carbonyl (C=O) groups is 1. The molecule has 4 heteroatoms. The molecule has 0 bridgehead atoms. The molecule has 1 saturated heterocycles. The molecule has 1 atom stereocenters. The Morgan fingerprint density at radius 2 is 2.13 bits per heavy atom. The summed E-state index contributed by atoms with van der Waals surface area (Å²) in [5.41, 5.74) is 0. The van der Waals surface area contributed by atoms with E-state index in [0.29, 0.717) is 6.04 Å². The molecule has 1 amide bonds. The SMILES string of the molecule is CNC(=O)C1CNCCN1C1CCCC1. The third kappa shape index (κ3) is 2.32. The first-order chi connectivity index (χ1) is 7.33. The summed E-state index contributed by atoms with van der Waals surface area (Å²) in [5, 5.41) is 6.07. The van der Waals surface area contributed by atoms with Crippen molar-refractivity contribution in [3.8, 4) is 0 Å². The zero-order valence-corrected chi connectivity index (χ0v) is 9.46. The number of likely N-dealkylation sites (N-methyl/N-ethyl adjacent to an activating group) is 1. The number of hydrogen-bond acceptors (Lipinski definition) is 3.